The quantitative estimate of drug-likeness (QED) is 0.849. The van der Waals surface area contributed by atoms with Crippen LogP contribution in [0.25, 0.3) is 0 Å². The van der Waals surface area contributed by atoms with Crippen LogP contribution in [0.15, 0.2) is 47.3 Å². The highest BCUT2D eigenvalue weighted by Crippen LogP contribution is 2.35. The van der Waals surface area contributed by atoms with Crippen LogP contribution in [0.4, 0.5) is 0 Å². The Balaban J connectivity index is 1.46. The van der Waals surface area contributed by atoms with Crippen LogP contribution in [0.2, 0.25) is 0 Å². The minimum absolute atomic E-state index is 0.0753. The summed E-state index contributed by atoms with van der Waals surface area (Å²) in [6.07, 6.45) is 1.48. The van der Waals surface area contributed by atoms with E-state index in [2.05, 4.69) is 0 Å². The van der Waals surface area contributed by atoms with E-state index in [0.717, 1.165) is 36.5 Å². The first-order valence-electron chi connectivity index (χ1n) is 9.33. The summed E-state index contributed by atoms with van der Waals surface area (Å²) in [5.41, 5.74) is 2.16. The monoisotopic (exact) mass is 352 g/mol. The van der Waals surface area contributed by atoms with E-state index < -0.39 is 0 Å². The van der Waals surface area contributed by atoms with E-state index in [1.807, 2.05) is 52.8 Å². The maximum absolute atomic E-state index is 12.8. The SMILES string of the molecule is CCOc1ccc(CC(=O)N2CC3CC(C2)c2cccc(=O)n2C3)cc1. The molecule has 1 aromatic carbocycles. The first-order valence-corrected chi connectivity index (χ1v) is 9.33. The Hall–Kier alpha value is -2.56. The molecule has 1 amide bonds. The highest BCUT2D eigenvalue weighted by Gasteiger charge is 2.36. The van der Waals surface area contributed by atoms with Gasteiger partial charge in [-0.15, -0.1) is 0 Å². The standard InChI is InChI=1S/C21H24N2O3/c1-2-26-18-8-6-15(7-9-18)11-21(25)22-12-16-10-17(14-22)19-4-3-5-20(24)23(19)13-16/h3-9,16-17H,2,10-14H2,1H3. The van der Waals surface area contributed by atoms with Gasteiger partial charge < -0.3 is 14.2 Å². The van der Waals surface area contributed by atoms with Gasteiger partial charge in [-0.2, -0.15) is 0 Å². The molecule has 0 N–H and O–H groups in total. The van der Waals surface area contributed by atoms with Gasteiger partial charge in [0.1, 0.15) is 5.75 Å². The number of aromatic nitrogens is 1. The fourth-order valence-corrected chi connectivity index (χ4v) is 4.26. The second-order valence-electron chi connectivity index (χ2n) is 7.25. The van der Waals surface area contributed by atoms with Crippen molar-refractivity contribution in [1.29, 1.82) is 0 Å². The van der Waals surface area contributed by atoms with Crippen LogP contribution in [0, 0.1) is 5.92 Å². The van der Waals surface area contributed by atoms with Gasteiger partial charge in [-0.3, -0.25) is 9.59 Å². The number of hydrogen-bond acceptors (Lipinski definition) is 3. The minimum atomic E-state index is 0.0753. The number of piperidine rings is 1. The molecule has 1 fully saturated rings. The third-order valence-corrected chi connectivity index (χ3v) is 5.42. The molecule has 1 saturated heterocycles. The first-order chi connectivity index (χ1) is 12.6. The van der Waals surface area contributed by atoms with Gasteiger partial charge in [-0.25, -0.2) is 0 Å². The summed E-state index contributed by atoms with van der Waals surface area (Å²) >= 11 is 0. The summed E-state index contributed by atoms with van der Waals surface area (Å²) in [6, 6.07) is 13.2. The average Bonchev–Trinajstić information content (AvgIpc) is 2.64. The predicted molar refractivity (Wildman–Crippen MR) is 99.4 cm³/mol. The van der Waals surface area contributed by atoms with E-state index in [9.17, 15) is 9.59 Å². The first kappa shape index (κ1) is 16.9. The van der Waals surface area contributed by atoms with Crippen molar-refractivity contribution in [2.75, 3.05) is 19.7 Å². The zero-order chi connectivity index (χ0) is 18.1. The van der Waals surface area contributed by atoms with Gasteiger partial charge in [0.25, 0.3) is 5.56 Å². The van der Waals surface area contributed by atoms with Crippen LogP contribution in [0.1, 0.15) is 30.5 Å². The van der Waals surface area contributed by atoms with Crippen LogP contribution in [-0.2, 0) is 17.8 Å². The second-order valence-corrected chi connectivity index (χ2v) is 7.25. The summed E-state index contributed by atoms with van der Waals surface area (Å²) in [5, 5.41) is 0. The molecule has 2 aromatic rings. The van der Waals surface area contributed by atoms with E-state index in [1.54, 1.807) is 6.07 Å². The molecule has 136 valence electrons. The van der Waals surface area contributed by atoms with E-state index in [-0.39, 0.29) is 17.4 Å². The zero-order valence-electron chi connectivity index (χ0n) is 15.1. The third kappa shape index (κ3) is 3.26. The number of likely N-dealkylation sites (tertiary alicyclic amines) is 1. The van der Waals surface area contributed by atoms with Crippen molar-refractivity contribution in [3.8, 4) is 5.75 Å². The summed E-state index contributed by atoms with van der Waals surface area (Å²) < 4.78 is 7.35. The lowest BCUT2D eigenvalue weighted by Crippen LogP contribution is -2.49. The van der Waals surface area contributed by atoms with Crippen LogP contribution in [0.5, 0.6) is 5.75 Å². The number of rotatable bonds is 4. The number of amides is 1. The number of benzene rings is 1. The fourth-order valence-electron chi connectivity index (χ4n) is 4.26. The zero-order valence-corrected chi connectivity index (χ0v) is 15.1. The van der Waals surface area contributed by atoms with Gasteiger partial charge in [-0.05, 0) is 43.0 Å². The van der Waals surface area contributed by atoms with Crippen molar-refractivity contribution in [3.63, 3.8) is 0 Å². The summed E-state index contributed by atoms with van der Waals surface area (Å²) in [4.78, 5) is 26.9. The maximum atomic E-state index is 12.8. The molecule has 0 radical (unpaired) electrons. The number of carbonyl (C=O) groups is 1. The number of carbonyl (C=O) groups excluding carboxylic acids is 1. The molecule has 2 aliphatic rings. The molecule has 2 atom stereocenters. The van der Waals surface area contributed by atoms with Crippen LogP contribution >= 0.6 is 0 Å². The molecule has 5 heteroatoms. The van der Waals surface area contributed by atoms with Crippen LogP contribution < -0.4 is 10.3 Å². The molecule has 2 bridgehead atoms. The van der Waals surface area contributed by atoms with Crippen molar-refractivity contribution in [3.05, 3.63) is 64.1 Å². The van der Waals surface area contributed by atoms with Crippen molar-refractivity contribution in [2.24, 2.45) is 5.92 Å². The van der Waals surface area contributed by atoms with Crippen molar-refractivity contribution >= 4 is 5.91 Å². The lowest BCUT2D eigenvalue weighted by atomic mass is 9.83. The molecule has 4 rings (SSSR count). The number of fused-ring (bicyclic) bond motifs is 4. The van der Waals surface area contributed by atoms with Gasteiger partial charge in [0.2, 0.25) is 5.91 Å². The maximum Gasteiger partial charge on any atom is 0.250 e. The Morgan fingerprint density at radius 1 is 1.12 bits per heavy atom. The van der Waals surface area contributed by atoms with Crippen LogP contribution in [-0.4, -0.2) is 35.1 Å². The largest absolute Gasteiger partial charge is 0.494 e. The van der Waals surface area contributed by atoms with Crippen molar-refractivity contribution < 1.29 is 9.53 Å². The molecule has 2 aliphatic heterocycles. The average molecular weight is 352 g/mol. The second kappa shape index (κ2) is 6.98. The molecular formula is C21H24N2O3. The van der Waals surface area contributed by atoms with E-state index in [0.29, 0.717) is 25.5 Å². The molecule has 0 saturated carbocycles. The molecule has 26 heavy (non-hydrogen) atoms. The van der Waals surface area contributed by atoms with Crippen LogP contribution in [0.3, 0.4) is 0 Å². The number of ether oxygens (including phenoxy) is 1. The van der Waals surface area contributed by atoms with E-state index in [1.165, 1.54) is 0 Å². The molecule has 5 nitrogen and oxygen atoms in total. The Bertz CT molecular complexity index is 856. The molecule has 2 unspecified atom stereocenters. The fraction of sp³-hybridized carbons (Fsp3) is 0.429. The summed E-state index contributed by atoms with van der Waals surface area (Å²) in [6.45, 7) is 4.76. The van der Waals surface area contributed by atoms with Gasteiger partial charge in [0.15, 0.2) is 0 Å². The van der Waals surface area contributed by atoms with Gasteiger partial charge in [0, 0.05) is 37.3 Å². The number of nitrogens with zero attached hydrogens (tertiary/aromatic N) is 2. The van der Waals surface area contributed by atoms with Crippen molar-refractivity contribution in [2.45, 2.75) is 32.2 Å². The third-order valence-electron chi connectivity index (χ3n) is 5.42. The highest BCUT2D eigenvalue weighted by molar-refractivity contribution is 5.79. The minimum Gasteiger partial charge on any atom is -0.494 e. The Labute approximate surface area is 153 Å². The van der Waals surface area contributed by atoms with E-state index in [4.69, 9.17) is 4.74 Å². The van der Waals surface area contributed by atoms with E-state index >= 15 is 0 Å². The molecule has 0 aliphatic carbocycles. The van der Waals surface area contributed by atoms with Gasteiger partial charge >= 0.3 is 0 Å². The van der Waals surface area contributed by atoms with Crippen molar-refractivity contribution in [1.82, 2.24) is 9.47 Å². The van der Waals surface area contributed by atoms with Gasteiger partial charge in [-0.1, -0.05) is 18.2 Å². The molecular weight excluding hydrogens is 328 g/mol. The number of pyridine rings is 1. The summed E-state index contributed by atoms with van der Waals surface area (Å²) in [5.74, 6) is 1.63. The molecule has 3 heterocycles. The lowest BCUT2D eigenvalue weighted by Gasteiger charge is -2.42. The molecule has 1 aromatic heterocycles. The normalized spacial score (nSPS) is 21.2. The Morgan fingerprint density at radius 3 is 2.69 bits per heavy atom. The summed E-state index contributed by atoms with van der Waals surface area (Å²) in [7, 11) is 0. The Kier molecular flexibility index (Phi) is 4.53. The Morgan fingerprint density at radius 2 is 1.92 bits per heavy atom. The predicted octanol–water partition coefficient (Wildman–Crippen LogP) is 2.44. The highest BCUT2D eigenvalue weighted by atomic mass is 16.5. The lowest BCUT2D eigenvalue weighted by molar-refractivity contribution is -0.133. The molecule has 0 spiro atoms. The topological polar surface area (TPSA) is 51.5 Å². The number of hydrogen-bond donors (Lipinski definition) is 0. The van der Waals surface area contributed by atoms with Gasteiger partial charge in [0.05, 0.1) is 13.0 Å². The smallest absolute Gasteiger partial charge is 0.250 e.